The second-order valence-corrected chi connectivity index (χ2v) is 2.84. The van der Waals surface area contributed by atoms with Crippen LogP contribution in [0, 0.1) is 0 Å². The first-order valence-corrected chi connectivity index (χ1v) is 3.96. The second-order valence-electron chi connectivity index (χ2n) is 1.91. The van der Waals surface area contributed by atoms with Gasteiger partial charge in [0.05, 0.1) is 6.61 Å². The van der Waals surface area contributed by atoms with Gasteiger partial charge in [0.2, 0.25) is 10.3 Å². The Morgan fingerprint density at radius 1 is 1.33 bits per heavy atom. The highest BCUT2D eigenvalue weighted by molar-refractivity contribution is 7.72. The molecule has 0 bridgehead atoms. The normalized spacial score (nSPS) is 19.8. The summed E-state index contributed by atoms with van der Waals surface area (Å²) in [7, 11) is -2.11. The van der Waals surface area contributed by atoms with Crippen LogP contribution >= 0.6 is 0 Å². The van der Waals surface area contributed by atoms with Gasteiger partial charge in [-0.3, -0.25) is 0 Å². The molecule has 4 heteroatoms. The van der Waals surface area contributed by atoms with Gasteiger partial charge in [0, 0.05) is 6.42 Å². The zero-order valence-corrected chi connectivity index (χ0v) is 5.78. The molecule has 0 spiro atoms. The van der Waals surface area contributed by atoms with E-state index in [9.17, 15) is 8.42 Å². The molecule has 0 radical (unpaired) electrons. The summed E-state index contributed by atoms with van der Waals surface area (Å²) in [6.45, 7) is 0.559. The zero-order valence-electron chi connectivity index (χ0n) is 4.96. The summed E-state index contributed by atoms with van der Waals surface area (Å²) in [5, 5.41) is 0.223. The van der Waals surface area contributed by atoms with Gasteiger partial charge in [0.1, 0.15) is 0 Å². The molecule has 3 nitrogen and oxygen atoms in total. The Labute approximate surface area is 55.2 Å². The molecule has 0 unspecified atom stereocenters. The van der Waals surface area contributed by atoms with Crippen LogP contribution in [0.5, 0.6) is 0 Å². The lowest BCUT2D eigenvalue weighted by molar-refractivity contribution is 0.268. The summed E-state index contributed by atoms with van der Waals surface area (Å²) in [6, 6.07) is 0. The predicted molar refractivity (Wildman–Crippen MR) is 33.7 cm³/mol. The van der Waals surface area contributed by atoms with Gasteiger partial charge >= 0.3 is 0 Å². The molecule has 0 aromatic heterocycles. The lowest BCUT2D eigenvalue weighted by Gasteiger charge is -2.08. The lowest BCUT2D eigenvalue weighted by atomic mass is 10.2. The van der Waals surface area contributed by atoms with Crippen molar-refractivity contribution in [2.75, 3.05) is 6.61 Å². The fraction of sp³-hybridized carbons (Fsp3) is 0.800. The number of hydrogen-bond acceptors (Lipinski definition) is 3. The topological polar surface area (TPSA) is 43.4 Å². The first kappa shape index (κ1) is 6.77. The Balaban J connectivity index is 2.72. The van der Waals surface area contributed by atoms with Crippen LogP contribution in [-0.2, 0) is 15.0 Å². The maximum Gasteiger partial charge on any atom is 0.240 e. The first-order chi connectivity index (χ1) is 4.30. The fourth-order valence-corrected chi connectivity index (χ4v) is 1.25. The molecule has 1 aliphatic heterocycles. The van der Waals surface area contributed by atoms with Crippen LogP contribution in [0.25, 0.3) is 0 Å². The molecule has 0 aliphatic carbocycles. The van der Waals surface area contributed by atoms with Crippen molar-refractivity contribution < 1.29 is 13.2 Å². The molecule has 0 aromatic rings. The van der Waals surface area contributed by atoms with E-state index in [0.717, 1.165) is 12.8 Å². The van der Waals surface area contributed by atoms with Crippen LogP contribution in [-0.4, -0.2) is 20.1 Å². The van der Waals surface area contributed by atoms with Crippen molar-refractivity contribution >= 4 is 15.3 Å². The molecule has 0 N–H and O–H groups in total. The smallest absolute Gasteiger partial charge is 0.240 e. The van der Waals surface area contributed by atoms with Gasteiger partial charge in [-0.1, -0.05) is 0 Å². The van der Waals surface area contributed by atoms with Crippen molar-refractivity contribution in [1.29, 1.82) is 0 Å². The lowest BCUT2D eigenvalue weighted by Crippen LogP contribution is -2.12. The third kappa shape index (κ3) is 1.80. The highest BCUT2D eigenvalue weighted by atomic mass is 32.2. The number of rotatable bonds is 0. The average Bonchev–Trinajstić information content (AvgIpc) is 1.90. The predicted octanol–water partition coefficient (Wildman–Crippen LogP) is 0.196. The summed E-state index contributed by atoms with van der Waals surface area (Å²) in [4.78, 5) is 0. The van der Waals surface area contributed by atoms with Crippen LogP contribution in [0.4, 0.5) is 0 Å². The van der Waals surface area contributed by atoms with Gasteiger partial charge < -0.3 is 4.74 Å². The Bertz CT molecular complexity index is 198. The van der Waals surface area contributed by atoms with E-state index in [2.05, 4.69) is 0 Å². The maximum absolute atomic E-state index is 10.2. The molecule has 1 saturated heterocycles. The van der Waals surface area contributed by atoms with Crippen molar-refractivity contribution in [2.45, 2.75) is 19.3 Å². The average molecular weight is 148 g/mol. The molecular weight excluding hydrogens is 140 g/mol. The maximum atomic E-state index is 10.2. The minimum absolute atomic E-state index is 0.223. The van der Waals surface area contributed by atoms with Crippen molar-refractivity contribution in [3.05, 3.63) is 0 Å². The van der Waals surface area contributed by atoms with Crippen molar-refractivity contribution in [2.24, 2.45) is 0 Å². The van der Waals surface area contributed by atoms with E-state index in [-0.39, 0.29) is 5.05 Å². The third-order valence-electron chi connectivity index (χ3n) is 1.22. The SMILES string of the molecule is O=S(=O)=C1CCCCO1. The first-order valence-electron chi connectivity index (χ1n) is 2.88. The van der Waals surface area contributed by atoms with Crippen molar-refractivity contribution in [1.82, 2.24) is 0 Å². The molecule has 0 atom stereocenters. The Hall–Kier alpha value is -0.350. The summed E-state index contributed by atoms with van der Waals surface area (Å²) < 4.78 is 25.2. The molecule has 1 aliphatic rings. The molecule has 0 amide bonds. The van der Waals surface area contributed by atoms with Gasteiger partial charge in [-0.15, -0.1) is 0 Å². The summed E-state index contributed by atoms with van der Waals surface area (Å²) in [5.41, 5.74) is 0. The number of ether oxygens (including phenoxy) is 1. The summed E-state index contributed by atoms with van der Waals surface area (Å²) >= 11 is 0. The molecule has 0 saturated carbocycles. The summed E-state index contributed by atoms with van der Waals surface area (Å²) in [5.74, 6) is 0. The number of hydrogen-bond donors (Lipinski definition) is 0. The molecule has 0 aromatic carbocycles. The van der Waals surface area contributed by atoms with Gasteiger partial charge in [-0.2, -0.15) is 8.42 Å². The molecule has 52 valence electrons. The van der Waals surface area contributed by atoms with Crippen LogP contribution in [0.15, 0.2) is 0 Å². The highest BCUT2D eigenvalue weighted by Gasteiger charge is 2.07. The largest absolute Gasteiger partial charge is 0.335 e. The molecular formula is C5H8O3S. The standard InChI is InChI=1S/C5H8O3S/c6-9(7)5-3-1-2-4-8-5/h1-4H2. The Kier molecular flexibility index (Phi) is 2.24. The monoisotopic (exact) mass is 148 g/mol. The van der Waals surface area contributed by atoms with E-state index in [4.69, 9.17) is 4.74 Å². The van der Waals surface area contributed by atoms with Gasteiger partial charge in [-0.25, -0.2) is 0 Å². The van der Waals surface area contributed by atoms with Gasteiger partial charge in [0.25, 0.3) is 0 Å². The zero-order chi connectivity index (χ0) is 6.69. The quantitative estimate of drug-likeness (QED) is 0.461. The minimum atomic E-state index is -2.11. The molecule has 9 heavy (non-hydrogen) atoms. The molecule has 1 heterocycles. The van der Waals surface area contributed by atoms with Crippen LogP contribution in [0.2, 0.25) is 0 Å². The van der Waals surface area contributed by atoms with Gasteiger partial charge in [0.15, 0.2) is 5.05 Å². The van der Waals surface area contributed by atoms with E-state index in [1.54, 1.807) is 0 Å². The minimum Gasteiger partial charge on any atom is -0.335 e. The van der Waals surface area contributed by atoms with E-state index in [0.29, 0.717) is 13.0 Å². The molecule has 1 fully saturated rings. The Morgan fingerprint density at radius 3 is 2.44 bits per heavy atom. The van der Waals surface area contributed by atoms with Gasteiger partial charge in [-0.05, 0) is 12.8 Å². The van der Waals surface area contributed by atoms with E-state index in [1.807, 2.05) is 0 Å². The second kappa shape index (κ2) is 2.98. The van der Waals surface area contributed by atoms with E-state index >= 15 is 0 Å². The van der Waals surface area contributed by atoms with E-state index in [1.165, 1.54) is 0 Å². The van der Waals surface area contributed by atoms with Crippen LogP contribution in [0.1, 0.15) is 19.3 Å². The third-order valence-corrected chi connectivity index (χ3v) is 1.92. The fourth-order valence-electron chi connectivity index (χ4n) is 0.761. The highest BCUT2D eigenvalue weighted by Crippen LogP contribution is 2.05. The molecule has 1 rings (SSSR count). The Morgan fingerprint density at radius 2 is 2.11 bits per heavy atom. The summed E-state index contributed by atoms with van der Waals surface area (Å²) in [6.07, 6.45) is 2.49. The van der Waals surface area contributed by atoms with Crippen LogP contribution in [0.3, 0.4) is 0 Å². The van der Waals surface area contributed by atoms with E-state index < -0.39 is 10.3 Å². The van der Waals surface area contributed by atoms with Crippen LogP contribution < -0.4 is 0 Å². The van der Waals surface area contributed by atoms with Crippen molar-refractivity contribution in [3.8, 4) is 0 Å². The van der Waals surface area contributed by atoms with Crippen molar-refractivity contribution in [3.63, 3.8) is 0 Å².